The molecule has 1 aromatic rings. The van der Waals surface area contributed by atoms with E-state index in [-0.39, 0.29) is 16.5 Å². The average Bonchev–Trinajstić information content (AvgIpc) is 2.33. The molecule has 18 heavy (non-hydrogen) atoms. The molecule has 1 aliphatic rings. The lowest BCUT2D eigenvalue weighted by molar-refractivity contribution is -0.119. The number of anilines is 1. The number of hydrogen-bond donors (Lipinski definition) is 2. The van der Waals surface area contributed by atoms with Gasteiger partial charge in [-0.05, 0) is 18.8 Å². The van der Waals surface area contributed by atoms with Gasteiger partial charge in [0.1, 0.15) is 5.02 Å². The van der Waals surface area contributed by atoms with Crippen LogP contribution in [0.1, 0.15) is 19.3 Å². The van der Waals surface area contributed by atoms with Crippen molar-refractivity contribution in [3.63, 3.8) is 0 Å². The molecule has 1 fully saturated rings. The van der Waals surface area contributed by atoms with E-state index in [1.807, 2.05) is 4.90 Å². The molecule has 3 N–H and O–H groups in total. The summed E-state index contributed by atoms with van der Waals surface area (Å²) < 4.78 is 0. The Morgan fingerprint density at radius 2 is 2.22 bits per heavy atom. The number of nitrogens with two attached hydrogens (primary N) is 1. The molecule has 1 amide bonds. The minimum absolute atomic E-state index is 0.117. The van der Waals surface area contributed by atoms with Crippen LogP contribution in [0.15, 0.2) is 11.1 Å². The standard InChI is InChI=1S/C11H15ClN4O2/c12-9-10(14-6-15-11(9)18)16-3-1-7(2-4-16)5-8(13)17/h6-7H,1-5H2,(H2,13,17)(H,14,15,18). The van der Waals surface area contributed by atoms with Crippen LogP contribution in [0, 0.1) is 5.92 Å². The lowest BCUT2D eigenvalue weighted by Gasteiger charge is -2.32. The van der Waals surface area contributed by atoms with Crippen LogP contribution in [0.2, 0.25) is 5.02 Å². The van der Waals surface area contributed by atoms with Crippen LogP contribution in [0.5, 0.6) is 0 Å². The third-order valence-electron chi connectivity index (χ3n) is 3.18. The second kappa shape index (κ2) is 5.39. The molecule has 6 nitrogen and oxygen atoms in total. The number of amides is 1. The first-order valence-corrected chi connectivity index (χ1v) is 6.22. The highest BCUT2D eigenvalue weighted by Crippen LogP contribution is 2.26. The third kappa shape index (κ3) is 2.81. The van der Waals surface area contributed by atoms with Gasteiger partial charge in [-0.1, -0.05) is 11.6 Å². The predicted octanol–water partition coefficient (Wildman–Crippen LogP) is 0.515. The number of halogens is 1. The molecular formula is C11H15ClN4O2. The first-order valence-electron chi connectivity index (χ1n) is 5.84. The van der Waals surface area contributed by atoms with E-state index in [4.69, 9.17) is 17.3 Å². The molecule has 2 heterocycles. The number of nitrogens with one attached hydrogen (secondary N) is 1. The Balaban J connectivity index is 2.03. The lowest BCUT2D eigenvalue weighted by Crippen LogP contribution is -2.36. The molecule has 0 aromatic carbocycles. The van der Waals surface area contributed by atoms with E-state index >= 15 is 0 Å². The van der Waals surface area contributed by atoms with Crippen LogP contribution in [0.4, 0.5) is 5.82 Å². The van der Waals surface area contributed by atoms with Crippen LogP contribution in [0.3, 0.4) is 0 Å². The highest BCUT2D eigenvalue weighted by atomic mass is 35.5. The van der Waals surface area contributed by atoms with Crippen LogP contribution >= 0.6 is 11.6 Å². The predicted molar refractivity (Wildman–Crippen MR) is 68.6 cm³/mol. The maximum Gasteiger partial charge on any atom is 0.271 e. The van der Waals surface area contributed by atoms with Crippen molar-refractivity contribution in [3.05, 3.63) is 21.7 Å². The Kier molecular flexibility index (Phi) is 3.86. The zero-order chi connectivity index (χ0) is 13.1. The van der Waals surface area contributed by atoms with E-state index in [9.17, 15) is 9.59 Å². The molecule has 1 aliphatic heterocycles. The number of rotatable bonds is 3. The highest BCUT2D eigenvalue weighted by molar-refractivity contribution is 6.32. The lowest BCUT2D eigenvalue weighted by atomic mass is 9.93. The molecule has 0 unspecified atom stereocenters. The number of primary amides is 1. The zero-order valence-corrected chi connectivity index (χ0v) is 10.6. The van der Waals surface area contributed by atoms with Crippen molar-refractivity contribution >= 4 is 23.3 Å². The first-order chi connectivity index (χ1) is 8.58. The number of aromatic amines is 1. The number of carbonyl (C=O) groups is 1. The van der Waals surface area contributed by atoms with E-state index in [1.54, 1.807) is 0 Å². The number of hydrogen-bond acceptors (Lipinski definition) is 4. The van der Waals surface area contributed by atoms with E-state index in [0.717, 1.165) is 25.9 Å². The van der Waals surface area contributed by atoms with Gasteiger partial charge in [0.15, 0.2) is 5.82 Å². The number of nitrogens with zero attached hydrogens (tertiary/aromatic N) is 2. The monoisotopic (exact) mass is 270 g/mol. The Hall–Kier alpha value is -1.56. The van der Waals surface area contributed by atoms with Gasteiger partial charge in [0.05, 0.1) is 6.33 Å². The van der Waals surface area contributed by atoms with Crippen LogP contribution < -0.4 is 16.2 Å². The quantitative estimate of drug-likeness (QED) is 0.837. The van der Waals surface area contributed by atoms with E-state index in [0.29, 0.717) is 18.2 Å². The third-order valence-corrected chi connectivity index (χ3v) is 3.52. The summed E-state index contributed by atoms with van der Waals surface area (Å²) in [6.07, 6.45) is 3.48. The van der Waals surface area contributed by atoms with Gasteiger partial charge in [-0.3, -0.25) is 9.59 Å². The molecule has 0 atom stereocenters. The summed E-state index contributed by atoms with van der Waals surface area (Å²) in [5, 5.41) is 0.117. The Morgan fingerprint density at radius 1 is 1.56 bits per heavy atom. The van der Waals surface area contributed by atoms with Crippen LogP contribution in [-0.4, -0.2) is 29.0 Å². The second-order valence-electron chi connectivity index (χ2n) is 4.47. The van der Waals surface area contributed by atoms with Gasteiger partial charge in [0.25, 0.3) is 5.56 Å². The van der Waals surface area contributed by atoms with Crippen molar-refractivity contribution in [2.45, 2.75) is 19.3 Å². The van der Waals surface area contributed by atoms with E-state index in [2.05, 4.69) is 9.97 Å². The Bertz CT molecular complexity index is 494. The normalized spacial score (nSPS) is 16.8. The maximum atomic E-state index is 11.4. The number of aromatic nitrogens is 2. The van der Waals surface area contributed by atoms with E-state index in [1.165, 1.54) is 6.33 Å². The van der Waals surface area contributed by atoms with Crippen LogP contribution in [-0.2, 0) is 4.79 Å². The minimum Gasteiger partial charge on any atom is -0.370 e. The molecule has 0 radical (unpaired) electrons. The minimum atomic E-state index is -0.332. The fraction of sp³-hybridized carbons (Fsp3) is 0.545. The maximum absolute atomic E-state index is 11.4. The number of carbonyl (C=O) groups excluding carboxylic acids is 1. The molecule has 0 bridgehead atoms. The van der Waals surface area contributed by atoms with E-state index < -0.39 is 0 Å². The van der Waals surface area contributed by atoms with Gasteiger partial charge in [-0.25, -0.2) is 4.98 Å². The smallest absolute Gasteiger partial charge is 0.271 e. The van der Waals surface area contributed by atoms with Gasteiger partial charge in [-0.15, -0.1) is 0 Å². The molecule has 7 heteroatoms. The SMILES string of the molecule is NC(=O)CC1CCN(c2nc[nH]c(=O)c2Cl)CC1. The summed E-state index contributed by atoms with van der Waals surface area (Å²) in [6, 6.07) is 0. The summed E-state index contributed by atoms with van der Waals surface area (Å²) >= 11 is 5.93. The van der Waals surface area contributed by atoms with Crippen molar-refractivity contribution in [2.75, 3.05) is 18.0 Å². The molecule has 1 saturated heterocycles. The van der Waals surface area contributed by atoms with Gasteiger partial charge in [0.2, 0.25) is 5.91 Å². The van der Waals surface area contributed by atoms with Gasteiger partial charge in [-0.2, -0.15) is 0 Å². The summed E-state index contributed by atoms with van der Waals surface area (Å²) in [5.74, 6) is 0.568. The summed E-state index contributed by atoms with van der Waals surface area (Å²) in [5.41, 5.74) is 4.85. The molecule has 0 aliphatic carbocycles. The van der Waals surface area contributed by atoms with Crippen molar-refractivity contribution in [1.82, 2.24) is 9.97 Å². The number of piperidine rings is 1. The zero-order valence-electron chi connectivity index (χ0n) is 9.86. The largest absolute Gasteiger partial charge is 0.370 e. The molecule has 1 aromatic heterocycles. The topological polar surface area (TPSA) is 92.1 Å². The van der Waals surface area contributed by atoms with Crippen LogP contribution in [0.25, 0.3) is 0 Å². The van der Waals surface area contributed by atoms with Gasteiger partial charge < -0.3 is 15.6 Å². The average molecular weight is 271 g/mol. The fourth-order valence-corrected chi connectivity index (χ4v) is 2.45. The Labute approximate surface area is 109 Å². The number of H-pyrrole nitrogens is 1. The van der Waals surface area contributed by atoms with Crippen molar-refractivity contribution in [1.29, 1.82) is 0 Å². The first kappa shape index (κ1) is 12.9. The van der Waals surface area contributed by atoms with Crippen molar-refractivity contribution in [2.24, 2.45) is 11.7 Å². The summed E-state index contributed by atoms with van der Waals surface area (Å²) in [4.78, 5) is 30.7. The summed E-state index contributed by atoms with van der Waals surface area (Å²) in [6.45, 7) is 1.46. The molecule has 2 rings (SSSR count). The highest BCUT2D eigenvalue weighted by Gasteiger charge is 2.23. The molecule has 98 valence electrons. The second-order valence-corrected chi connectivity index (χ2v) is 4.85. The van der Waals surface area contributed by atoms with Gasteiger partial charge >= 0.3 is 0 Å². The molecular weight excluding hydrogens is 256 g/mol. The molecule has 0 spiro atoms. The summed E-state index contributed by atoms with van der Waals surface area (Å²) in [7, 11) is 0. The Morgan fingerprint density at radius 3 is 2.83 bits per heavy atom. The van der Waals surface area contributed by atoms with Crippen molar-refractivity contribution < 1.29 is 4.79 Å². The van der Waals surface area contributed by atoms with Crippen molar-refractivity contribution in [3.8, 4) is 0 Å². The molecule has 0 saturated carbocycles. The fourth-order valence-electron chi connectivity index (χ4n) is 2.23. The van der Waals surface area contributed by atoms with Gasteiger partial charge in [0, 0.05) is 19.5 Å².